The molecule has 0 saturated carbocycles. The van der Waals surface area contributed by atoms with Crippen molar-refractivity contribution in [2.24, 2.45) is 5.73 Å². The van der Waals surface area contributed by atoms with E-state index in [1.54, 1.807) is 0 Å². The number of nitrogens with zero attached hydrogens (tertiary/aromatic N) is 3. The van der Waals surface area contributed by atoms with Gasteiger partial charge in [-0.05, 0) is 0 Å². The predicted molar refractivity (Wildman–Crippen MR) is 58.9 cm³/mol. The van der Waals surface area contributed by atoms with Gasteiger partial charge in [0.1, 0.15) is 6.54 Å². The number of nitrogens with one attached hydrogen (secondary N) is 1. The molecule has 1 heterocycles. The lowest BCUT2D eigenvalue weighted by atomic mass is 10.3. The van der Waals surface area contributed by atoms with Gasteiger partial charge in [0, 0.05) is 6.54 Å². The monoisotopic (exact) mass is 257 g/mol. The van der Waals surface area contributed by atoms with Crippen LogP contribution >= 0.6 is 0 Å². The molecule has 0 fully saturated rings. The molecule has 0 aliphatic carbocycles. The number of nitrogens with two attached hydrogens (primary N) is 1. The summed E-state index contributed by atoms with van der Waals surface area (Å²) in [7, 11) is 1.15. The summed E-state index contributed by atoms with van der Waals surface area (Å²) < 4.78 is 5.61. The second kappa shape index (κ2) is 6.67. The van der Waals surface area contributed by atoms with Crippen molar-refractivity contribution in [3.8, 4) is 0 Å². The number of aliphatic hydroxyl groups is 1. The van der Waals surface area contributed by atoms with Crippen LogP contribution in [0.15, 0.2) is 6.20 Å². The van der Waals surface area contributed by atoms with Crippen LogP contribution in [0.1, 0.15) is 5.69 Å². The molecular formula is C9H15N5O4. The number of carbonyl (C=O) groups is 2. The van der Waals surface area contributed by atoms with Gasteiger partial charge >= 0.3 is 5.97 Å². The van der Waals surface area contributed by atoms with Gasteiger partial charge in [-0.3, -0.25) is 4.79 Å². The molecule has 1 aromatic heterocycles. The number of aromatic nitrogens is 3. The summed E-state index contributed by atoms with van der Waals surface area (Å²) in [5.74, 6) is -1.21. The molecule has 9 nitrogen and oxygen atoms in total. The molecule has 100 valence electrons. The Hall–Kier alpha value is -2.00. The number of hydrogen-bond donors (Lipinski definition) is 3. The first-order valence-corrected chi connectivity index (χ1v) is 5.18. The molecule has 0 spiro atoms. The molecule has 0 aliphatic rings. The van der Waals surface area contributed by atoms with Gasteiger partial charge in [0.2, 0.25) is 5.91 Å². The fourth-order valence-corrected chi connectivity index (χ4v) is 1.14. The zero-order valence-corrected chi connectivity index (χ0v) is 9.87. The molecule has 1 rings (SSSR count). The molecule has 1 atom stereocenters. The lowest BCUT2D eigenvalue weighted by Crippen LogP contribution is -2.38. The number of carbonyl (C=O) groups excluding carboxylic acids is 2. The quantitative estimate of drug-likeness (QED) is 0.475. The van der Waals surface area contributed by atoms with Gasteiger partial charge in [0.05, 0.1) is 25.5 Å². The van der Waals surface area contributed by atoms with E-state index in [9.17, 15) is 14.7 Å². The van der Waals surface area contributed by atoms with Crippen LogP contribution < -0.4 is 11.1 Å². The molecule has 18 heavy (non-hydrogen) atoms. The van der Waals surface area contributed by atoms with Gasteiger partial charge in [-0.15, -0.1) is 5.10 Å². The Balaban J connectivity index is 2.35. The highest BCUT2D eigenvalue weighted by Crippen LogP contribution is 1.91. The number of aliphatic hydroxyl groups excluding tert-OH is 1. The van der Waals surface area contributed by atoms with Crippen molar-refractivity contribution < 1.29 is 19.4 Å². The molecule has 1 aromatic rings. The average Bonchev–Trinajstić information content (AvgIpc) is 2.82. The molecule has 0 radical (unpaired) electrons. The summed E-state index contributed by atoms with van der Waals surface area (Å²) in [6, 6.07) is 0. The maximum Gasteiger partial charge on any atom is 0.336 e. The number of rotatable bonds is 6. The van der Waals surface area contributed by atoms with E-state index in [2.05, 4.69) is 20.4 Å². The summed E-state index contributed by atoms with van der Waals surface area (Å²) in [5, 5.41) is 19.0. The molecule has 1 unspecified atom stereocenters. The third-order valence-corrected chi connectivity index (χ3v) is 2.07. The zero-order chi connectivity index (χ0) is 13.5. The fourth-order valence-electron chi connectivity index (χ4n) is 1.14. The SMILES string of the molecule is COC(=O)C(O)CNC(=O)Cn1cc(CN)nn1. The highest BCUT2D eigenvalue weighted by molar-refractivity contribution is 5.78. The zero-order valence-electron chi connectivity index (χ0n) is 9.87. The second-order valence-corrected chi connectivity index (χ2v) is 3.45. The van der Waals surface area contributed by atoms with E-state index < -0.39 is 18.0 Å². The van der Waals surface area contributed by atoms with Crippen LogP contribution in [0, 0.1) is 0 Å². The van der Waals surface area contributed by atoms with Gasteiger partial charge in [0.25, 0.3) is 0 Å². The highest BCUT2D eigenvalue weighted by Gasteiger charge is 2.16. The van der Waals surface area contributed by atoms with Crippen molar-refractivity contribution in [2.75, 3.05) is 13.7 Å². The van der Waals surface area contributed by atoms with Gasteiger partial charge in [-0.1, -0.05) is 5.21 Å². The molecule has 0 aromatic carbocycles. The van der Waals surface area contributed by atoms with Crippen LogP contribution in [-0.4, -0.2) is 51.7 Å². The first kappa shape index (κ1) is 14.1. The van der Waals surface area contributed by atoms with E-state index in [1.807, 2.05) is 0 Å². The van der Waals surface area contributed by atoms with Crippen LogP contribution in [0.2, 0.25) is 0 Å². The Labute approximate surface area is 103 Å². The van der Waals surface area contributed by atoms with E-state index in [1.165, 1.54) is 10.9 Å². The number of methoxy groups -OCH3 is 1. The maximum atomic E-state index is 11.4. The second-order valence-electron chi connectivity index (χ2n) is 3.45. The number of amides is 1. The van der Waals surface area contributed by atoms with Crippen molar-refractivity contribution in [3.05, 3.63) is 11.9 Å². The van der Waals surface area contributed by atoms with Crippen molar-refractivity contribution >= 4 is 11.9 Å². The van der Waals surface area contributed by atoms with Gasteiger partial charge in [-0.25, -0.2) is 9.48 Å². The first-order chi connectivity index (χ1) is 8.56. The molecule has 4 N–H and O–H groups in total. The van der Waals surface area contributed by atoms with E-state index >= 15 is 0 Å². The van der Waals surface area contributed by atoms with Crippen molar-refractivity contribution in [1.82, 2.24) is 20.3 Å². The minimum absolute atomic E-state index is 0.0686. The minimum Gasteiger partial charge on any atom is -0.467 e. The Bertz CT molecular complexity index is 419. The van der Waals surface area contributed by atoms with E-state index in [0.29, 0.717) is 5.69 Å². The Morgan fingerprint density at radius 3 is 2.94 bits per heavy atom. The van der Waals surface area contributed by atoms with Crippen LogP contribution in [0.4, 0.5) is 0 Å². The summed E-state index contributed by atoms with van der Waals surface area (Å²) in [4.78, 5) is 22.3. The normalized spacial score (nSPS) is 11.9. The summed E-state index contributed by atoms with van der Waals surface area (Å²) >= 11 is 0. The lowest BCUT2D eigenvalue weighted by molar-refractivity contribution is -0.150. The van der Waals surface area contributed by atoms with Crippen LogP contribution in [0.5, 0.6) is 0 Å². The molecule has 0 bridgehead atoms. The average molecular weight is 257 g/mol. The Kier molecular flexibility index (Phi) is 5.21. The van der Waals surface area contributed by atoms with Crippen molar-refractivity contribution in [2.45, 2.75) is 19.2 Å². The topological polar surface area (TPSA) is 132 Å². The minimum atomic E-state index is -1.38. The molecule has 0 aliphatic heterocycles. The van der Waals surface area contributed by atoms with E-state index in [4.69, 9.17) is 5.73 Å². The van der Waals surface area contributed by atoms with Crippen molar-refractivity contribution in [1.29, 1.82) is 0 Å². The molecular weight excluding hydrogens is 242 g/mol. The summed E-state index contributed by atoms with van der Waals surface area (Å²) in [6.45, 7) is -0.0481. The molecule has 0 saturated heterocycles. The van der Waals surface area contributed by atoms with E-state index in [-0.39, 0.29) is 19.6 Å². The molecule has 9 heteroatoms. The fraction of sp³-hybridized carbons (Fsp3) is 0.556. The largest absolute Gasteiger partial charge is 0.467 e. The Morgan fingerprint density at radius 1 is 1.67 bits per heavy atom. The summed E-state index contributed by atoms with van der Waals surface area (Å²) in [6.07, 6.45) is 0.158. The van der Waals surface area contributed by atoms with Crippen LogP contribution in [0.3, 0.4) is 0 Å². The highest BCUT2D eigenvalue weighted by atomic mass is 16.5. The lowest BCUT2D eigenvalue weighted by Gasteiger charge is -2.09. The first-order valence-electron chi connectivity index (χ1n) is 5.18. The van der Waals surface area contributed by atoms with E-state index in [0.717, 1.165) is 7.11 Å². The van der Waals surface area contributed by atoms with Gasteiger partial charge in [-0.2, -0.15) is 0 Å². The third-order valence-electron chi connectivity index (χ3n) is 2.07. The van der Waals surface area contributed by atoms with Crippen molar-refractivity contribution in [3.63, 3.8) is 0 Å². The summed E-state index contributed by atoms with van der Waals surface area (Å²) in [5.41, 5.74) is 5.91. The van der Waals surface area contributed by atoms with Crippen LogP contribution in [-0.2, 0) is 27.4 Å². The predicted octanol–water partition coefficient (Wildman–Crippen LogP) is -2.61. The number of ether oxygens (including phenoxy) is 1. The van der Waals surface area contributed by atoms with Crippen LogP contribution in [0.25, 0.3) is 0 Å². The molecule has 1 amide bonds. The number of esters is 1. The smallest absolute Gasteiger partial charge is 0.336 e. The Morgan fingerprint density at radius 2 is 2.39 bits per heavy atom. The van der Waals surface area contributed by atoms with Gasteiger partial charge in [0.15, 0.2) is 6.10 Å². The maximum absolute atomic E-state index is 11.4. The third kappa shape index (κ3) is 4.11. The number of hydrogen-bond acceptors (Lipinski definition) is 7. The van der Waals surface area contributed by atoms with Gasteiger partial charge < -0.3 is 20.9 Å². The standard InChI is InChI=1S/C9H15N5O4/c1-18-9(17)7(15)3-11-8(16)5-14-4-6(2-10)12-13-14/h4,7,15H,2-3,5,10H2,1H3,(H,11,16).